The molecule has 0 fully saturated rings. The van der Waals surface area contributed by atoms with Gasteiger partial charge in [0, 0.05) is 17.9 Å². The minimum atomic E-state index is 0.0986. The third-order valence-electron chi connectivity index (χ3n) is 4.21. The quantitative estimate of drug-likeness (QED) is 0.891. The van der Waals surface area contributed by atoms with E-state index in [1.807, 2.05) is 19.2 Å². The Bertz CT molecular complexity index is 560. The molecule has 0 saturated carbocycles. The van der Waals surface area contributed by atoms with E-state index in [2.05, 4.69) is 35.3 Å². The molecule has 2 N–H and O–H groups in total. The molecular formula is C17H20N2. The zero-order chi connectivity index (χ0) is 13.2. The van der Waals surface area contributed by atoms with Gasteiger partial charge in [-0.3, -0.25) is 4.98 Å². The van der Waals surface area contributed by atoms with Gasteiger partial charge in [0.25, 0.3) is 0 Å². The Hall–Kier alpha value is -1.67. The molecule has 1 aromatic carbocycles. The van der Waals surface area contributed by atoms with Crippen molar-refractivity contribution in [3.05, 3.63) is 65.0 Å². The van der Waals surface area contributed by atoms with E-state index in [1.165, 1.54) is 17.5 Å². The van der Waals surface area contributed by atoms with Gasteiger partial charge in [0.1, 0.15) is 0 Å². The monoisotopic (exact) mass is 252 g/mol. The fourth-order valence-corrected chi connectivity index (χ4v) is 2.98. The number of nitrogens with zero attached hydrogens (tertiary/aromatic N) is 1. The van der Waals surface area contributed by atoms with E-state index in [4.69, 9.17) is 5.73 Å². The standard InChI is InChI=1S/C17H20N2/c1-12-6-7-16(11-19-12)17(18)15-9-8-13-4-2-3-5-14(13)10-15/h2-7,11,15,17H,8-10,18H2,1H3. The summed E-state index contributed by atoms with van der Waals surface area (Å²) in [6.45, 7) is 2.01. The van der Waals surface area contributed by atoms with Crippen molar-refractivity contribution in [2.75, 3.05) is 0 Å². The molecule has 0 radical (unpaired) electrons. The maximum absolute atomic E-state index is 6.44. The van der Waals surface area contributed by atoms with E-state index < -0.39 is 0 Å². The Labute approximate surface area is 114 Å². The molecule has 0 saturated heterocycles. The zero-order valence-corrected chi connectivity index (χ0v) is 11.3. The summed E-state index contributed by atoms with van der Waals surface area (Å²) in [5.41, 5.74) is 11.6. The Morgan fingerprint density at radius 1 is 1.16 bits per heavy atom. The van der Waals surface area contributed by atoms with Gasteiger partial charge in [0.2, 0.25) is 0 Å². The predicted molar refractivity (Wildman–Crippen MR) is 77.9 cm³/mol. The van der Waals surface area contributed by atoms with Gasteiger partial charge in [-0.1, -0.05) is 30.3 Å². The number of rotatable bonds is 2. The van der Waals surface area contributed by atoms with Crippen LogP contribution in [0.2, 0.25) is 0 Å². The van der Waals surface area contributed by atoms with Crippen LogP contribution in [0.5, 0.6) is 0 Å². The second-order valence-electron chi connectivity index (χ2n) is 5.53. The summed E-state index contributed by atoms with van der Waals surface area (Å²) in [5.74, 6) is 0.527. The number of hydrogen-bond donors (Lipinski definition) is 1. The summed E-state index contributed by atoms with van der Waals surface area (Å²) in [6, 6.07) is 13.0. The van der Waals surface area contributed by atoms with Crippen LogP contribution in [0.3, 0.4) is 0 Å². The molecule has 0 spiro atoms. The summed E-state index contributed by atoms with van der Waals surface area (Å²) >= 11 is 0. The lowest BCUT2D eigenvalue weighted by Gasteiger charge is -2.29. The van der Waals surface area contributed by atoms with Crippen molar-refractivity contribution in [2.24, 2.45) is 11.7 Å². The number of aromatic nitrogens is 1. The van der Waals surface area contributed by atoms with Crippen molar-refractivity contribution in [1.82, 2.24) is 4.98 Å². The van der Waals surface area contributed by atoms with E-state index in [-0.39, 0.29) is 6.04 Å². The second kappa shape index (κ2) is 5.14. The van der Waals surface area contributed by atoms with E-state index in [0.717, 1.165) is 24.1 Å². The van der Waals surface area contributed by atoms with Gasteiger partial charge in [0.15, 0.2) is 0 Å². The van der Waals surface area contributed by atoms with Crippen LogP contribution in [0.1, 0.15) is 34.8 Å². The summed E-state index contributed by atoms with van der Waals surface area (Å²) in [5, 5.41) is 0. The molecule has 0 amide bonds. The average Bonchev–Trinajstić information content (AvgIpc) is 2.47. The summed E-state index contributed by atoms with van der Waals surface area (Å²) in [6.07, 6.45) is 5.34. The van der Waals surface area contributed by atoms with Crippen LogP contribution in [-0.4, -0.2) is 4.98 Å². The Kier molecular flexibility index (Phi) is 3.34. The molecule has 3 rings (SSSR count). The maximum Gasteiger partial charge on any atom is 0.0372 e. The van der Waals surface area contributed by atoms with Gasteiger partial charge in [0.05, 0.1) is 0 Å². The first-order chi connectivity index (χ1) is 9.24. The average molecular weight is 252 g/mol. The molecule has 0 aliphatic heterocycles. The maximum atomic E-state index is 6.44. The van der Waals surface area contributed by atoms with Crippen LogP contribution in [0.4, 0.5) is 0 Å². The first-order valence-corrected chi connectivity index (χ1v) is 6.99. The van der Waals surface area contributed by atoms with Gasteiger partial charge >= 0.3 is 0 Å². The number of pyridine rings is 1. The molecule has 2 aromatic rings. The van der Waals surface area contributed by atoms with Gasteiger partial charge in [-0.15, -0.1) is 0 Å². The first kappa shape index (κ1) is 12.4. The number of hydrogen-bond acceptors (Lipinski definition) is 2. The molecular weight excluding hydrogens is 232 g/mol. The molecule has 98 valence electrons. The van der Waals surface area contributed by atoms with Crippen LogP contribution in [0.25, 0.3) is 0 Å². The molecule has 0 bridgehead atoms. The van der Waals surface area contributed by atoms with Crippen LogP contribution < -0.4 is 5.73 Å². The largest absolute Gasteiger partial charge is 0.324 e. The first-order valence-electron chi connectivity index (χ1n) is 6.99. The van der Waals surface area contributed by atoms with Gasteiger partial charge in [-0.2, -0.15) is 0 Å². The van der Waals surface area contributed by atoms with E-state index >= 15 is 0 Å². The lowest BCUT2D eigenvalue weighted by Crippen LogP contribution is -2.27. The van der Waals surface area contributed by atoms with Crippen molar-refractivity contribution < 1.29 is 0 Å². The van der Waals surface area contributed by atoms with Crippen LogP contribution in [0.15, 0.2) is 42.6 Å². The lowest BCUT2D eigenvalue weighted by molar-refractivity contribution is 0.381. The summed E-state index contributed by atoms with van der Waals surface area (Å²) in [7, 11) is 0. The highest BCUT2D eigenvalue weighted by Gasteiger charge is 2.24. The third kappa shape index (κ3) is 2.54. The molecule has 2 atom stereocenters. The van der Waals surface area contributed by atoms with Crippen LogP contribution in [0, 0.1) is 12.8 Å². The summed E-state index contributed by atoms with van der Waals surface area (Å²) < 4.78 is 0. The number of fused-ring (bicyclic) bond motifs is 1. The molecule has 19 heavy (non-hydrogen) atoms. The number of benzene rings is 1. The molecule has 1 aliphatic rings. The van der Waals surface area contributed by atoms with Gasteiger partial charge in [-0.25, -0.2) is 0 Å². The van der Waals surface area contributed by atoms with Gasteiger partial charge < -0.3 is 5.73 Å². The third-order valence-corrected chi connectivity index (χ3v) is 4.21. The molecule has 1 heterocycles. The molecule has 2 nitrogen and oxygen atoms in total. The highest BCUT2D eigenvalue weighted by atomic mass is 14.7. The van der Waals surface area contributed by atoms with E-state index in [1.54, 1.807) is 0 Å². The van der Waals surface area contributed by atoms with Gasteiger partial charge in [-0.05, 0) is 54.9 Å². The molecule has 2 heteroatoms. The lowest BCUT2D eigenvalue weighted by atomic mass is 9.78. The number of nitrogens with two attached hydrogens (primary N) is 1. The van der Waals surface area contributed by atoms with Crippen LogP contribution >= 0.6 is 0 Å². The smallest absolute Gasteiger partial charge is 0.0372 e. The topological polar surface area (TPSA) is 38.9 Å². The van der Waals surface area contributed by atoms with Crippen molar-refractivity contribution in [1.29, 1.82) is 0 Å². The predicted octanol–water partition coefficient (Wildman–Crippen LogP) is 3.19. The minimum Gasteiger partial charge on any atom is -0.324 e. The Morgan fingerprint density at radius 2 is 1.95 bits per heavy atom. The van der Waals surface area contributed by atoms with E-state index in [0.29, 0.717) is 5.92 Å². The highest BCUT2D eigenvalue weighted by molar-refractivity contribution is 5.31. The Morgan fingerprint density at radius 3 is 2.68 bits per heavy atom. The van der Waals surface area contributed by atoms with Crippen molar-refractivity contribution in [3.63, 3.8) is 0 Å². The minimum absolute atomic E-state index is 0.0986. The second-order valence-corrected chi connectivity index (χ2v) is 5.53. The number of aryl methyl sites for hydroxylation is 2. The SMILES string of the molecule is Cc1ccc(C(N)C2CCc3ccccc3C2)cn1. The van der Waals surface area contributed by atoms with Crippen molar-refractivity contribution in [3.8, 4) is 0 Å². The normalized spacial score (nSPS) is 19.8. The summed E-state index contributed by atoms with van der Waals surface area (Å²) in [4.78, 5) is 4.36. The van der Waals surface area contributed by atoms with Crippen LogP contribution in [-0.2, 0) is 12.8 Å². The fraction of sp³-hybridized carbons (Fsp3) is 0.353. The molecule has 2 unspecified atom stereocenters. The molecule has 1 aliphatic carbocycles. The van der Waals surface area contributed by atoms with Crippen molar-refractivity contribution >= 4 is 0 Å². The highest BCUT2D eigenvalue weighted by Crippen LogP contribution is 2.32. The van der Waals surface area contributed by atoms with E-state index in [9.17, 15) is 0 Å². The molecule has 1 aromatic heterocycles. The van der Waals surface area contributed by atoms with Crippen molar-refractivity contribution in [2.45, 2.75) is 32.2 Å². The zero-order valence-electron chi connectivity index (χ0n) is 11.3. The fourth-order valence-electron chi connectivity index (χ4n) is 2.98. The Balaban J connectivity index is 1.79.